The largest absolute Gasteiger partial charge is 0.480 e. The predicted octanol–water partition coefficient (Wildman–Crippen LogP) is 8.10. The highest BCUT2D eigenvalue weighted by molar-refractivity contribution is 5.80. The van der Waals surface area contributed by atoms with Crippen LogP contribution in [-0.4, -0.2) is 62.6 Å². The van der Waals surface area contributed by atoms with Crippen molar-refractivity contribution in [1.82, 2.24) is 19.8 Å². The number of oxazole rings is 2. The molecule has 2 fully saturated rings. The molecule has 3 aromatic carbocycles. The topological polar surface area (TPSA) is 105 Å². The van der Waals surface area contributed by atoms with Crippen molar-refractivity contribution in [3.63, 3.8) is 0 Å². The third-order valence-electron chi connectivity index (χ3n) is 11.1. The predicted molar refractivity (Wildman–Crippen MR) is 188 cm³/mol. The van der Waals surface area contributed by atoms with Crippen molar-refractivity contribution in [2.45, 2.75) is 77.2 Å². The van der Waals surface area contributed by atoms with Crippen molar-refractivity contribution >= 4 is 33.7 Å². The smallest absolute Gasteiger partial charge is 0.387 e. The summed E-state index contributed by atoms with van der Waals surface area (Å²) < 4.78 is 45.5. The van der Waals surface area contributed by atoms with Crippen molar-refractivity contribution in [3.8, 4) is 5.75 Å². The van der Waals surface area contributed by atoms with Crippen LogP contribution in [0.1, 0.15) is 67.1 Å². The lowest BCUT2D eigenvalue weighted by Crippen LogP contribution is -2.44. The molecule has 51 heavy (non-hydrogen) atoms. The number of ether oxygens (including phenoxy) is 1. The van der Waals surface area contributed by atoms with E-state index in [1.165, 1.54) is 12.5 Å². The van der Waals surface area contributed by atoms with Gasteiger partial charge in [0.25, 0.3) is 0 Å². The van der Waals surface area contributed by atoms with Gasteiger partial charge in [-0.2, -0.15) is 8.78 Å². The molecule has 1 N–H and O–H groups in total. The quantitative estimate of drug-likeness (QED) is 0.155. The summed E-state index contributed by atoms with van der Waals surface area (Å²) in [5.41, 5.74) is 5.74. The zero-order valence-corrected chi connectivity index (χ0v) is 28.8. The molecule has 11 heteroatoms. The van der Waals surface area contributed by atoms with Crippen molar-refractivity contribution in [2.75, 3.05) is 13.1 Å². The molecule has 5 aromatic rings. The third kappa shape index (κ3) is 5.92. The second kappa shape index (κ2) is 13.0. The monoisotopic (exact) mass is 694 g/mol. The van der Waals surface area contributed by atoms with E-state index in [-0.39, 0.29) is 23.8 Å². The number of hydrogen-bond acceptors (Lipinski definition) is 8. The molecule has 2 aromatic heterocycles. The molecule has 4 atom stereocenters. The van der Waals surface area contributed by atoms with Gasteiger partial charge in [-0.3, -0.25) is 14.6 Å². The van der Waals surface area contributed by atoms with E-state index in [1.807, 2.05) is 30.4 Å². The highest BCUT2D eigenvalue weighted by atomic mass is 19.3. The number of carbonyl (C=O) groups is 1. The van der Waals surface area contributed by atoms with Gasteiger partial charge in [-0.25, -0.2) is 9.97 Å². The molecule has 0 bridgehead atoms. The van der Waals surface area contributed by atoms with Gasteiger partial charge in [0, 0.05) is 43.2 Å². The normalized spacial score (nSPS) is 24.0. The molecule has 0 radical (unpaired) electrons. The Hall–Kier alpha value is -4.87. The molecule has 4 heterocycles. The van der Waals surface area contributed by atoms with Crippen molar-refractivity contribution in [2.24, 2.45) is 5.92 Å². The van der Waals surface area contributed by atoms with Gasteiger partial charge in [-0.1, -0.05) is 55.5 Å². The van der Waals surface area contributed by atoms with E-state index >= 15 is 0 Å². The van der Waals surface area contributed by atoms with E-state index < -0.39 is 24.0 Å². The summed E-state index contributed by atoms with van der Waals surface area (Å²) in [6.45, 7) is 5.88. The fourth-order valence-electron chi connectivity index (χ4n) is 7.97. The number of aryl methyl sites for hydroxylation is 1. The molecule has 2 aliphatic heterocycles. The van der Waals surface area contributed by atoms with Gasteiger partial charge in [0.2, 0.25) is 11.8 Å². The standard InChI is InChI=1S/C40H40F2N4O5/c1-23-8-4-5-9-28(23)29-10-6-15-40(25(29)3,37-43-30-18-26(12-13-33(30)49-37)21-45-17-14-24(45)2)38-44-31-19-27(22-46-16-7-11-32(46)36(47)48)34(51-39(41)42)20-35(31)50-38/h4-6,8-10,12-13,15,18-20,24-25,32,39H,7,11,14,16-17,21-22H2,1-3H3,(H,47,48)/t24?,25?,32-,40?/m0/s1. The molecule has 9 nitrogen and oxygen atoms in total. The van der Waals surface area contributed by atoms with E-state index in [1.54, 1.807) is 11.0 Å². The molecule has 3 unspecified atom stereocenters. The van der Waals surface area contributed by atoms with Crippen LogP contribution in [0.15, 0.2) is 81.7 Å². The Morgan fingerprint density at radius 3 is 2.45 bits per heavy atom. The number of fused-ring (bicyclic) bond motifs is 2. The lowest BCUT2D eigenvalue weighted by molar-refractivity contribution is -0.142. The molecule has 8 rings (SSSR count). The molecule has 1 aliphatic carbocycles. The fraction of sp³-hybridized carbons (Fsp3) is 0.375. The average molecular weight is 695 g/mol. The van der Waals surface area contributed by atoms with Crippen LogP contribution in [0, 0.1) is 12.8 Å². The van der Waals surface area contributed by atoms with Crippen LogP contribution in [0.25, 0.3) is 27.8 Å². The number of nitrogens with zero attached hydrogens (tertiary/aromatic N) is 4. The van der Waals surface area contributed by atoms with Gasteiger partial charge in [-0.05, 0) is 80.1 Å². The Morgan fingerprint density at radius 2 is 1.75 bits per heavy atom. The number of likely N-dealkylation sites (tertiary alicyclic amines) is 2. The number of allylic oxidation sites excluding steroid dienone is 4. The third-order valence-corrected chi connectivity index (χ3v) is 11.1. The van der Waals surface area contributed by atoms with Crippen LogP contribution >= 0.6 is 0 Å². The minimum Gasteiger partial charge on any atom is -0.480 e. The van der Waals surface area contributed by atoms with Crippen molar-refractivity contribution in [1.29, 1.82) is 0 Å². The van der Waals surface area contributed by atoms with E-state index in [0.29, 0.717) is 53.9 Å². The summed E-state index contributed by atoms with van der Waals surface area (Å²) >= 11 is 0. The molecule has 0 amide bonds. The van der Waals surface area contributed by atoms with Gasteiger partial charge < -0.3 is 18.7 Å². The second-order valence-corrected chi connectivity index (χ2v) is 14.1. The number of halogens is 2. The van der Waals surface area contributed by atoms with Gasteiger partial charge in [-0.15, -0.1) is 0 Å². The summed E-state index contributed by atoms with van der Waals surface area (Å²) in [6.07, 6.45) is 8.44. The number of rotatable bonds is 10. The van der Waals surface area contributed by atoms with Crippen LogP contribution in [0.2, 0.25) is 0 Å². The van der Waals surface area contributed by atoms with Crippen LogP contribution in [0.3, 0.4) is 0 Å². The molecular weight excluding hydrogens is 654 g/mol. The Labute approximate surface area is 294 Å². The first kappa shape index (κ1) is 33.3. The van der Waals surface area contributed by atoms with Crippen LogP contribution in [0.4, 0.5) is 8.78 Å². The Bertz CT molecular complexity index is 2190. The lowest BCUT2D eigenvalue weighted by atomic mass is 9.67. The number of aliphatic carboxylic acids is 1. The van der Waals surface area contributed by atoms with Crippen LogP contribution in [-0.2, 0) is 23.3 Å². The highest BCUT2D eigenvalue weighted by Crippen LogP contribution is 2.50. The van der Waals surface area contributed by atoms with E-state index in [9.17, 15) is 18.7 Å². The molecule has 264 valence electrons. The summed E-state index contributed by atoms with van der Waals surface area (Å²) in [4.78, 5) is 26.2. The minimum absolute atomic E-state index is 0.0797. The molecule has 0 spiro atoms. The Balaban J connectivity index is 1.26. The Kier molecular flexibility index (Phi) is 8.50. The maximum absolute atomic E-state index is 13.7. The van der Waals surface area contributed by atoms with E-state index in [2.05, 4.69) is 56.0 Å². The zero-order valence-electron chi connectivity index (χ0n) is 28.8. The lowest BCUT2D eigenvalue weighted by Gasteiger charge is -2.38. The van der Waals surface area contributed by atoms with Gasteiger partial charge in [0.15, 0.2) is 11.2 Å². The zero-order chi connectivity index (χ0) is 35.4. The van der Waals surface area contributed by atoms with Gasteiger partial charge in [0.1, 0.15) is 28.2 Å². The fourth-order valence-corrected chi connectivity index (χ4v) is 7.97. The maximum atomic E-state index is 13.7. The number of aromatic nitrogens is 2. The number of hydrogen-bond donors (Lipinski definition) is 1. The second-order valence-electron chi connectivity index (χ2n) is 14.1. The molecule has 3 aliphatic rings. The number of alkyl halides is 2. The summed E-state index contributed by atoms with van der Waals surface area (Å²) in [5, 5.41) is 9.76. The average Bonchev–Trinajstić information content (AvgIpc) is 3.85. The summed E-state index contributed by atoms with van der Waals surface area (Å²) in [5.74, 6) is -0.586. The summed E-state index contributed by atoms with van der Waals surface area (Å²) in [6, 6.07) is 17.2. The Morgan fingerprint density at radius 1 is 0.980 bits per heavy atom. The first-order valence-electron chi connectivity index (χ1n) is 17.6. The summed E-state index contributed by atoms with van der Waals surface area (Å²) in [7, 11) is 0. The molecule has 0 saturated carbocycles. The van der Waals surface area contributed by atoms with Crippen molar-refractivity contribution in [3.05, 3.63) is 107 Å². The van der Waals surface area contributed by atoms with E-state index in [4.69, 9.17) is 23.5 Å². The first-order chi connectivity index (χ1) is 24.6. The van der Waals surface area contributed by atoms with Gasteiger partial charge >= 0.3 is 12.6 Å². The van der Waals surface area contributed by atoms with E-state index in [0.717, 1.165) is 40.9 Å². The van der Waals surface area contributed by atoms with Crippen LogP contribution < -0.4 is 4.74 Å². The van der Waals surface area contributed by atoms with Gasteiger partial charge in [0.05, 0.1) is 0 Å². The number of benzene rings is 3. The molecular formula is C40H40F2N4O5. The number of carboxylic acid groups (broad SMARTS) is 1. The van der Waals surface area contributed by atoms with Crippen LogP contribution in [0.5, 0.6) is 5.75 Å². The number of carboxylic acids is 1. The molecule has 2 saturated heterocycles. The maximum Gasteiger partial charge on any atom is 0.387 e. The highest BCUT2D eigenvalue weighted by Gasteiger charge is 2.49. The minimum atomic E-state index is -3.08. The first-order valence-corrected chi connectivity index (χ1v) is 17.6. The SMILES string of the molecule is Cc1ccccc1C1=CC=CC(c2nc3cc(CN4CCC4C)ccc3o2)(c2nc3cc(CN4CCC[C@H]4C(=O)O)c(OC(F)F)cc3o2)C1C. The van der Waals surface area contributed by atoms with Crippen molar-refractivity contribution < 1.29 is 32.3 Å².